The average molecular weight is 757 g/mol. The maximum atomic E-state index is 13.3. The average Bonchev–Trinajstić information content (AvgIpc) is 3.41. The highest BCUT2D eigenvalue weighted by atomic mass is 35.5. The summed E-state index contributed by atoms with van der Waals surface area (Å²) >= 11 is 5.22. The van der Waals surface area contributed by atoms with E-state index in [1.54, 1.807) is 36.9 Å². The molecule has 4 aromatic rings. The first kappa shape index (κ1) is 35.8. The molecule has 3 N–H and O–H groups in total. The third kappa shape index (κ3) is 7.12. The number of anilines is 7. The first-order chi connectivity index (χ1) is 25.5. The van der Waals surface area contributed by atoms with Crippen molar-refractivity contribution in [2.45, 2.75) is 18.9 Å². The lowest BCUT2D eigenvalue weighted by Gasteiger charge is -2.37. The van der Waals surface area contributed by atoms with Crippen molar-refractivity contribution in [2.24, 2.45) is 0 Å². The third-order valence-corrected chi connectivity index (χ3v) is 10.6. The van der Waals surface area contributed by atoms with E-state index in [1.165, 1.54) is 6.20 Å². The van der Waals surface area contributed by atoms with E-state index in [-0.39, 0.29) is 29.9 Å². The maximum Gasteiger partial charge on any atom is 0.263 e. The number of piperidine rings is 1. The minimum Gasteiger partial charge on any atom is -0.593 e. The topological polar surface area (TPSA) is 175 Å². The summed E-state index contributed by atoms with van der Waals surface area (Å²) in [6, 6.07) is 18.7. The molecule has 53 heavy (non-hydrogen) atoms. The highest BCUT2D eigenvalue weighted by Crippen LogP contribution is 2.36. The van der Waals surface area contributed by atoms with Crippen LogP contribution in [0.25, 0.3) is 0 Å². The number of fused-ring (bicyclic) bond motifs is 1. The van der Waals surface area contributed by atoms with E-state index < -0.39 is 41.0 Å². The zero-order valence-corrected chi connectivity index (χ0v) is 30.6. The highest BCUT2D eigenvalue weighted by Gasteiger charge is 2.45. The number of nitrogens with one attached hydrogen (secondary N) is 3. The van der Waals surface area contributed by atoms with Crippen LogP contribution in [0.4, 0.5) is 40.2 Å². The fraction of sp³-hybridized carbons (Fsp3) is 0.278. The molecular formula is C36H35ClN9O6S. The van der Waals surface area contributed by atoms with E-state index in [0.717, 1.165) is 10.6 Å². The molecule has 2 saturated heterocycles. The first-order valence-electron chi connectivity index (χ1n) is 16.7. The predicted molar refractivity (Wildman–Crippen MR) is 202 cm³/mol. The molecule has 0 bridgehead atoms. The van der Waals surface area contributed by atoms with Crippen LogP contribution >= 0.6 is 11.6 Å². The Bertz CT molecular complexity index is 2110. The number of piperazine rings is 1. The fourth-order valence-corrected chi connectivity index (χ4v) is 7.08. The number of imide groups is 2. The van der Waals surface area contributed by atoms with Crippen LogP contribution in [0.3, 0.4) is 0 Å². The number of carbonyl (C=O) groups is 4. The number of benzene rings is 3. The monoisotopic (exact) mass is 756 g/mol. The van der Waals surface area contributed by atoms with Gasteiger partial charge in [-0.15, -0.1) is 0 Å². The number of rotatable bonds is 10. The van der Waals surface area contributed by atoms with Crippen LogP contribution < -0.4 is 34.8 Å². The number of ether oxygens (including phenoxy) is 1. The van der Waals surface area contributed by atoms with Crippen molar-refractivity contribution < 1.29 is 28.5 Å². The Labute approximate surface area is 313 Å². The Hall–Kier alpha value is -5.58. The molecular weight excluding hydrogens is 722 g/mol. The molecule has 7 rings (SSSR count). The van der Waals surface area contributed by atoms with Gasteiger partial charge in [0.15, 0.2) is 5.82 Å². The van der Waals surface area contributed by atoms with E-state index in [0.29, 0.717) is 65.5 Å². The molecule has 2 atom stereocenters. The van der Waals surface area contributed by atoms with Gasteiger partial charge in [0.2, 0.25) is 17.8 Å². The van der Waals surface area contributed by atoms with Crippen LogP contribution in [0.1, 0.15) is 33.6 Å². The van der Waals surface area contributed by atoms with Crippen LogP contribution in [0.5, 0.6) is 5.75 Å². The molecule has 17 heteroatoms. The molecule has 4 amide bonds. The zero-order chi connectivity index (χ0) is 37.4. The molecule has 2 unspecified atom stereocenters. The summed E-state index contributed by atoms with van der Waals surface area (Å²) in [5.41, 5.74) is 3.98. The number of methoxy groups -OCH3 is 1. The van der Waals surface area contributed by atoms with Gasteiger partial charge in [0.1, 0.15) is 28.8 Å². The normalized spacial score (nSPS) is 17.8. The SMILES string of the molecule is COc1cc(N2CCN(c3[c]c4c(cc3)C(=O)N(C3CCC(=O)NC3=O)C4=O)CC2)ccc1Nc1ncc(Cl)c(Nc2ccccc2N(C)[S+](C)[O-])n1. The standard InChI is InChI=1S/C36H35ClN9O6S/c1-43(53(3)51)28-7-5-4-6-26(28)39-32-25(37)20-38-36(42-32)40-27-11-9-22(19-30(27)52-2)45-16-14-44(15-17-45)21-8-10-23-24(18-21)35(50)46(34(23)49)29-12-13-31(47)41-33(29)48/h4-11,19-20,29H,12-17H2,1-3H3,(H,41,47,48)(H2,38,39,40,42). The largest absolute Gasteiger partial charge is 0.593 e. The Morgan fingerprint density at radius 3 is 2.49 bits per heavy atom. The van der Waals surface area contributed by atoms with Gasteiger partial charge in [-0.2, -0.15) is 9.29 Å². The maximum absolute atomic E-state index is 13.3. The van der Waals surface area contributed by atoms with Crippen molar-refractivity contribution in [3.05, 3.63) is 83.0 Å². The molecule has 0 saturated carbocycles. The van der Waals surface area contributed by atoms with Gasteiger partial charge in [0, 0.05) is 56.1 Å². The lowest BCUT2D eigenvalue weighted by atomic mass is 10.0. The van der Waals surface area contributed by atoms with Gasteiger partial charge in [-0.25, -0.2) is 4.98 Å². The van der Waals surface area contributed by atoms with Crippen LogP contribution in [0.2, 0.25) is 5.02 Å². The zero-order valence-electron chi connectivity index (χ0n) is 29.0. The molecule has 3 aliphatic heterocycles. The highest BCUT2D eigenvalue weighted by molar-refractivity contribution is 7.92. The molecule has 15 nitrogen and oxygen atoms in total. The summed E-state index contributed by atoms with van der Waals surface area (Å²) in [5, 5.41) is 8.97. The second-order valence-corrected chi connectivity index (χ2v) is 14.3. The second kappa shape index (κ2) is 14.8. The van der Waals surface area contributed by atoms with Gasteiger partial charge in [0.05, 0.1) is 54.2 Å². The Morgan fingerprint density at radius 1 is 1.00 bits per heavy atom. The summed E-state index contributed by atoms with van der Waals surface area (Å²) in [6.07, 6.45) is 3.24. The Morgan fingerprint density at radius 2 is 1.75 bits per heavy atom. The van der Waals surface area contributed by atoms with Gasteiger partial charge >= 0.3 is 0 Å². The minimum atomic E-state index is -1.24. The van der Waals surface area contributed by atoms with Gasteiger partial charge < -0.3 is 29.7 Å². The lowest BCUT2D eigenvalue weighted by Crippen LogP contribution is -2.54. The Balaban J connectivity index is 1.01. The number of hydrogen-bond donors (Lipinski definition) is 3. The number of para-hydroxylation sites is 2. The summed E-state index contributed by atoms with van der Waals surface area (Å²) in [4.78, 5) is 64.6. The van der Waals surface area contributed by atoms with Gasteiger partial charge in [-0.05, 0) is 42.8 Å². The van der Waals surface area contributed by atoms with Gasteiger partial charge in [-0.1, -0.05) is 23.7 Å². The molecule has 3 aliphatic rings. The Kier molecular flexibility index (Phi) is 10.0. The minimum absolute atomic E-state index is 0.0587. The van der Waals surface area contributed by atoms with Crippen LogP contribution in [0.15, 0.2) is 60.8 Å². The van der Waals surface area contributed by atoms with Crippen molar-refractivity contribution >= 4 is 86.8 Å². The van der Waals surface area contributed by atoms with E-state index >= 15 is 0 Å². The van der Waals surface area contributed by atoms with Gasteiger partial charge in [-0.3, -0.25) is 29.4 Å². The molecule has 0 aliphatic carbocycles. The third-order valence-electron chi connectivity index (χ3n) is 9.38. The summed E-state index contributed by atoms with van der Waals surface area (Å²) < 4.78 is 19.5. The van der Waals surface area contributed by atoms with E-state index in [1.807, 2.05) is 42.5 Å². The van der Waals surface area contributed by atoms with Crippen molar-refractivity contribution in [1.29, 1.82) is 0 Å². The first-order valence-corrected chi connectivity index (χ1v) is 18.6. The molecule has 4 heterocycles. The molecule has 273 valence electrons. The van der Waals surface area contributed by atoms with Crippen LogP contribution in [-0.2, 0) is 21.0 Å². The summed E-state index contributed by atoms with van der Waals surface area (Å²) in [7, 11) is 3.32. The van der Waals surface area contributed by atoms with Crippen molar-refractivity contribution in [3.8, 4) is 5.75 Å². The molecule has 1 aromatic heterocycles. The number of aromatic nitrogens is 2. The van der Waals surface area contributed by atoms with Crippen LogP contribution in [-0.4, -0.2) is 95.7 Å². The van der Waals surface area contributed by atoms with Crippen molar-refractivity contribution in [1.82, 2.24) is 20.2 Å². The summed E-state index contributed by atoms with van der Waals surface area (Å²) in [6.45, 7) is 2.57. The molecule has 1 radical (unpaired) electrons. The van der Waals surface area contributed by atoms with E-state index in [2.05, 4.69) is 41.8 Å². The number of nitrogens with zero attached hydrogens (tertiary/aromatic N) is 6. The number of carbonyl (C=O) groups excluding carboxylic acids is 4. The summed E-state index contributed by atoms with van der Waals surface area (Å²) in [5.74, 6) is -0.980. The van der Waals surface area contributed by atoms with Crippen molar-refractivity contribution in [2.75, 3.05) is 71.3 Å². The quantitative estimate of drug-likeness (QED) is 0.157. The number of amides is 4. The lowest BCUT2D eigenvalue weighted by molar-refractivity contribution is -0.136. The molecule has 2 fully saturated rings. The fourth-order valence-electron chi connectivity index (χ4n) is 6.51. The molecule has 0 spiro atoms. The second-order valence-electron chi connectivity index (χ2n) is 12.5. The van der Waals surface area contributed by atoms with E-state index in [4.69, 9.17) is 16.3 Å². The predicted octanol–water partition coefficient (Wildman–Crippen LogP) is 3.88. The number of hydrogen-bond acceptors (Lipinski definition) is 13. The smallest absolute Gasteiger partial charge is 0.263 e. The van der Waals surface area contributed by atoms with Crippen molar-refractivity contribution in [3.63, 3.8) is 0 Å². The molecule has 3 aromatic carbocycles. The van der Waals surface area contributed by atoms with Crippen LogP contribution in [0, 0.1) is 6.07 Å². The van der Waals surface area contributed by atoms with Gasteiger partial charge in [0.25, 0.3) is 11.8 Å². The number of halogens is 1. The van der Waals surface area contributed by atoms with E-state index in [9.17, 15) is 23.7 Å².